The summed E-state index contributed by atoms with van der Waals surface area (Å²) in [4.78, 5) is 27.4. The number of nitrogens with two attached hydrogens (primary N) is 1. The molecule has 2 amide bonds. The molecule has 0 aromatic carbocycles. The van der Waals surface area contributed by atoms with Crippen LogP contribution in [0.4, 0.5) is 0 Å². The van der Waals surface area contributed by atoms with Gasteiger partial charge in [0.15, 0.2) is 0 Å². The maximum Gasteiger partial charge on any atom is 0.242 e. The second-order valence-electron chi connectivity index (χ2n) is 5.17. The van der Waals surface area contributed by atoms with E-state index in [9.17, 15) is 9.59 Å². The van der Waals surface area contributed by atoms with E-state index >= 15 is 0 Å². The van der Waals surface area contributed by atoms with Crippen LogP contribution in [0.3, 0.4) is 0 Å². The van der Waals surface area contributed by atoms with Crippen LogP contribution in [0.1, 0.15) is 19.3 Å². The molecule has 1 heterocycles. The summed E-state index contributed by atoms with van der Waals surface area (Å²) in [5, 5.41) is 0. The smallest absolute Gasteiger partial charge is 0.242 e. The van der Waals surface area contributed by atoms with Crippen LogP contribution in [0.15, 0.2) is 12.2 Å². The Morgan fingerprint density at radius 2 is 2.00 bits per heavy atom. The van der Waals surface area contributed by atoms with Gasteiger partial charge in [0.2, 0.25) is 11.8 Å². The molecule has 5 heteroatoms. The van der Waals surface area contributed by atoms with Gasteiger partial charge in [-0.1, -0.05) is 12.2 Å². The predicted octanol–water partition coefficient (Wildman–Crippen LogP) is -0.0294. The molecule has 2 aliphatic rings. The van der Waals surface area contributed by atoms with Gasteiger partial charge in [0, 0.05) is 26.2 Å². The van der Waals surface area contributed by atoms with Crippen molar-refractivity contribution >= 4 is 11.8 Å². The van der Waals surface area contributed by atoms with E-state index in [-0.39, 0.29) is 30.3 Å². The van der Waals surface area contributed by atoms with Crippen molar-refractivity contribution in [1.82, 2.24) is 9.80 Å². The van der Waals surface area contributed by atoms with Crippen LogP contribution in [-0.2, 0) is 9.59 Å². The summed E-state index contributed by atoms with van der Waals surface area (Å²) in [7, 11) is 1.69. The van der Waals surface area contributed by atoms with Gasteiger partial charge in [-0.3, -0.25) is 9.59 Å². The van der Waals surface area contributed by atoms with Crippen LogP contribution >= 0.6 is 0 Å². The Balaban J connectivity index is 1.83. The minimum Gasteiger partial charge on any atom is -0.341 e. The van der Waals surface area contributed by atoms with Gasteiger partial charge in [-0.05, 0) is 19.3 Å². The first kappa shape index (κ1) is 13.1. The number of hydrogen-bond acceptors (Lipinski definition) is 3. The summed E-state index contributed by atoms with van der Waals surface area (Å²) in [6, 6.07) is -0.0263. The van der Waals surface area contributed by atoms with Crippen LogP contribution in [0.5, 0.6) is 0 Å². The Morgan fingerprint density at radius 1 is 1.33 bits per heavy atom. The van der Waals surface area contributed by atoms with Crippen LogP contribution < -0.4 is 5.73 Å². The molecule has 0 aromatic rings. The number of rotatable bonds is 3. The molecular formula is C13H21N3O2. The maximum atomic E-state index is 12.1. The first-order valence-electron chi connectivity index (χ1n) is 6.54. The fourth-order valence-electron chi connectivity index (χ4n) is 2.54. The zero-order valence-electron chi connectivity index (χ0n) is 10.8. The van der Waals surface area contributed by atoms with Crippen molar-refractivity contribution in [3.05, 3.63) is 12.2 Å². The third kappa shape index (κ3) is 2.90. The fourth-order valence-corrected chi connectivity index (χ4v) is 2.54. The molecule has 100 valence electrons. The van der Waals surface area contributed by atoms with Gasteiger partial charge in [0.1, 0.15) is 0 Å². The Labute approximate surface area is 108 Å². The van der Waals surface area contributed by atoms with Crippen molar-refractivity contribution in [3.8, 4) is 0 Å². The van der Waals surface area contributed by atoms with E-state index in [0.717, 1.165) is 25.9 Å². The summed E-state index contributed by atoms with van der Waals surface area (Å²) >= 11 is 0. The molecule has 0 bridgehead atoms. The van der Waals surface area contributed by atoms with Crippen LogP contribution in [0.25, 0.3) is 0 Å². The van der Waals surface area contributed by atoms with E-state index < -0.39 is 0 Å². The summed E-state index contributed by atoms with van der Waals surface area (Å²) < 4.78 is 0. The lowest BCUT2D eigenvalue weighted by atomic mass is 10.1. The SMILES string of the molecule is CN(CC(=O)N1CCCC1)C(=O)C1C=CC(N)C1. The van der Waals surface area contributed by atoms with E-state index in [1.807, 2.05) is 17.1 Å². The van der Waals surface area contributed by atoms with E-state index in [4.69, 9.17) is 5.73 Å². The lowest BCUT2D eigenvalue weighted by molar-refractivity contribution is -0.140. The molecule has 0 saturated carbocycles. The first-order chi connectivity index (χ1) is 8.58. The molecule has 18 heavy (non-hydrogen) atoms. The Bertz CT molecular complexity index is 361. The van der Waals surface area contributed by atoms with Gasteiger partial charge in [-0.25, -0.2) is 0 Å². The third-order valence-corrected chi connectivity index (χ3v) is 3.64. The first-order valence-corrected chi connectivity index (χ1v) is 6.54. The number of carbonyl (C=O) groups excluding carboxylic acids is 2. The number of likely N-dealkylation sites (tertiary alicyclic amines) is 1. The Kier molecular flexibility index (Phi) is 4.01. The highest BCUT2D eigenvalue weighted by atomic mass is 16.2. The Hall–Kier alpha value is -1.36. The lowest BCUT2D eigenvalue weighted by Crippen LogP contribution is -2.41. The van der Waals surface area contributed by atoms with Crippen molar-refractivity contribution in [2.45, 2.75) is 25.3 Å². The van der Waals surface area contributed by atoms with Gasteiger partial charge >= 0.3 is 0 Å². The maximum absolute atomic E-state index is 12.1. The highest BCUT2D eigenvalue weighted by molar-refractivity contribution is 5.87. The molecule has 2 unspecified atom stereocenters. The standard InChI is InChI=1S/C13H21N3O2/c1-15(9-12(17)16-6-2-3-7-16)13(18)10-4-5-11(14)8-10/h4-5,10-11H,2-3,6-9,14H2,1H3. The fraction of sp³-hybridized carbons (Fsp3) is 0.692. The molecule has 1 fully saturated rings. The number of hydrogen-bond donors (Lipinski definition) is 1. The molecule has 1 aliphatic carbocycles. The minimum atomic E-state index is -0.156. The van der Waals surface area contributed by atoms with Gasteiger partial charge in [0.25, 0.3) is 0 Å². The molecule has 1 aliphatic heterocycles. The van der Waals surface area contributed by atoms with E-state index in [1.165, 1.54) is 4.90 Å². The van der Waals surface area contributed by atoms with Gasteiger partial charge in [0.05, 0.1) is 12.5 Å². The van der Waals surface area contributed by atoms with E-state index in [1.54, 1.807) is 7.05 Å². The van der Waals surface area contributed by atoms with Crippen molar-refractivity contribution < 1.29 is 9.59 Å². The third-order valence-electron chi connectivity index (χ3n) is 3.64. The minimum absolute atomic E-state index is 0.00764. The topological polar surface area (TPSA) is 66.6 Å². The number of likely N-dealkylation sites (N-methyl/N-ethyl adjacent to an activating group) is 1. The number of nitrogens with zero attached hydrogens (tertiary/aromatic N) is 2. The number of carbonyl (C=O) groups is 2. The summed E-state index contributed by atoms with van der Waals surface area (Å²) in [5.41, 5.74) is 5.73. The zero-order valence-corrected chi connectivity index (χ0v) is 10.8. The molecule has 5 nitrogen and oxygen atoms in total. The summed E-state index contributed by atoms with van der Waals surface area (Å²) in [5.74, 6) is -0.113. The van der Waals surface area contributed by atoms with Crippen LogP contribution in [0.2, 0.25) is 0 Å². The highest BCUT2D eigenvalue weighted by Crippen LogP contribution is 2.18. The predicted molar refractivity (Wildman–Crippen MR) is 68.7 cm³/mol. The van der Waals surface area contributed by atoms with Crippen molar-refractivity contribution in [3.63, 3.8) is 0 Å². The van der Waals surface area contributed by atoms with Gasteiger partial charge in [-0.2, -0.15) is 0 Å². The normalized spacial score (nSPS) is 26.7. The molecule has 2 atom stereocenters. The second kappa shape index (κ2) is 5.52. The zero-order chi connectivity index (χ0) is 13.1. The van der Waals surface area contributed by atoms with E-state index in [2.05, 4.69) is 0 Å². The summed E-state index contributed by atoms with van der Waals surface area (Å²) in [6.07, 6.45) is 6.51. The highest BCUT2D eigenvalue weighted by Gasteiger charge is 2.27. The molecule has 2 rings (SSSR count). The van der Waals surface area contributed by atoms with Crippen LogP contribution in [0, 0.1) is 5.92 Å². The molecule has 0 spiro atoms. The lowest BCUT2D eigenvalue weighted by Gasteiger charge is -2.23. The largest absolute Gasteiger partial charge is 0.341 e. The van der Waals surface area contributed by atoms with Crippen LogP contribution in [-0.4, -0.2) is 54.3 Å². The monoisotopic (exact) mass is 251 g/mol. The van der Waals surface area contributed by atoms with Gasteiger partial charge in [-0.15, -0.1) is 0 Å². The van der Waals surface area contributed by atoms with Crippen molar-refractivity contribution in [2.75, 3.05) is 26.7 Å². The summed E-state index contributed by atoms with van der Waals surface area (Å²) in [6.45, 7) is 1.84. The Morgan fingerprint density at radius 3 is 2.56 bits per heavy atom. The molecular weight excluding hydrogens is 230 g/mol. The average molecular weight is 251 g/mol. The van der Waals surface area contributed by atoms with E-state index in [0.29, 0.717) is 6.42 Å². The average Bonchev–Trinajstić information content (AvgIpc) is 2.98. The number of amides is 2. The molecule has 0 aromatic heterocycles. The molecule has 0 radical (unpaired) electrons. The molecule has 2 N–H and O–H groups in total. The van der Waals surface area contributed by atoms with Crippen molar-refractivity contribution in [2.24, 2.45) is 11.7 Å². The van der Waals surface area contributed by atoms with Gasteiger partial charge < -0.3 is 15.5 Å². The van der Waals surface area contributed by atoms with Crippen molar-refractivity contribution in [1.29, 1.82) is 0 Å². The molecule has 1 saturated heterocycles. The second-order valence-corrected chi connectivity index (χ2v) is 5.17. The quantitative estimate of drug-likeness (QED) is 0.716.